The number of aromatic hydroxyl groups is 1. The second-order valence-corrected chi connectivity index (χ2v) is 5.66. The van der Waals surface area contributed by atoms with Crippen LogP contribution in [0, 0.1) is 4.84 Å². The van der Waals surface area contributed by atoms with Crippen molar-refractivity contribution in [1.82, 2.24) is 15.6 Å². The average Bonchev–Trinajstić information content (AvgIpc) is 3.04. The number of nitrogens with zero attached hydrogens (tertiary/aromatic N) is 2. The van der Waals surface area contributed by atoms with Crippen LogP contribution in [0.4, 0.5) is 5.69 Å². The summed E-state index contributed by atoms with van der Waals surface area (Å²) in [6, 6.07) is 14.2. The van der Waals surface area contributed by atoms with Crippen LogP contribution < -0.4 is 10.7 Å². The summed E-state index contributed by atoms with van der Waals surface area (Å²) < 4.78 is 5.25. The Hall–Kier alpha value is -3.04. The Morgan fingerprint density at radius 3 is 2.64 bits per heavy atom. The fourth-order valence-electron chi connectivity index (χ4n) is 1.97. The Morgan fingerprint density at radius 1 is 1.20 bits per heavy atom. The van der Waals surface area contributed by atoms with Crippen molar-refractivity contribution in [2.45, 2.75) is 0 Å². The number of aromatic nitrogens is 2. The highest BCUT2D eigenvalue weighted by atomic mass is 32.1. The first-order valence-electron chi connectivity index (χ1n) is 7.16. The predicted octanol–water partition coefficient (Wildman–Crippen LogP) is 3.43. The van der Waals surface area contributed by atoms with Gasteiger partial charge in [-0.25, -0.2) is 5.10 Å². The monoisotopic (exact) mass is 371 g/mol. The molecule has 0 bridgehead atoms. The summed E-state index contributed by atoms with van der Waals surface area (Å²) in [7, 11) is 0. The molecule has 0 aliphatic carbocycles. The van der Waals surface area contributed by atoms with Crippen molar-refractivity contribution in [3.63, 3.8) is 0 Å². The number of hydrazone groups is 1. The van der Waals surface area contributed by atoms with E-state index < -0.39 is 0 Å². The third-order valence-electron chi connectivity index (χ3n) is 3.13. The number of aromatic amines is 1. The molecule has 0 spiro atoms. The Kier molecular flexibility index (Phi) is 5.17. The van der Waals surface area contributed by atoms with Gasteiger partial charge in [-0.3, -0.25) is 5.43 Å². The van der Waals surface area contributed by atoms with E-state index >= 15 is 0 Å². The van der Waals surface area contributed by atoms with Crippen LogP contribution in [0.5, 0.6) is 5.75 Å². The van der Waals surface area contributed by atoms with E-state index in [1.807, 2.05) is 24.3 Å². The lowest BCUT2D eigenvalue weighted by atomic mass is 10.2. The zero-order chi connectivity index (χ0) is 17.6. The molecule has 0 fully saturated rings. The molecule has 2 aromatic carbocycles. The molecule has 0 amide bonds. The molecule has 1 aromatic heterocycles. The number of hydrogen-bond acceptors (Lipinski definition) is 6. The number of benzene rings is 2. The Balaban J connectivity index is 1.58. The van der Waals surface area contributed by atoms with Gasteiger partial charge in [0, 0.05) is 16.8 Å². The van der Waals surface area contributed by atoms with Crippen molar-refractivity contribution >= 4 is 41.5 Å². The van der Waals surface area contributed by atoms with Gasteiger partial charge in [0.1, 0.15) is 5.75 Å². The molecule has 0 unspecified atom stereocenters. The van der Waals surface area contributed by atoms with Gasteiger partial charge in [-0.2, -0.15) is 5.10 Å². The molecule has 7 nitrogen and oxygen atoms in total. The van der Waals surface area contributed by atoms with Crippen molar-refractivity contribution < 1.29 is 9.52 Å². The number of para-hydroxylation sites is 1. The van der Waals surface area contributed by atoms with E-state index in [2.05, 4.69) is 26.0 Å². The Bertz CT molecular complexity index is 963. The lowest BCUT2D eigenvalue weighted by Gasteiger charge is -2.07. The molecule has 3 rings (SSSR count). The third kappa shape index (κ3) is 4.49. The van der Waals surface area contributed by atoms with Gasteiger partial charge in [-0.1, -0.05) is 12.1 Å². The van der Waals surface area contributed by atoms with Gasteiger partial charge in [-0.05, 0) is 60.8 Å². The summed E-state index contributed by atoms with van der Waals surface area (Å²) in [5.41, 5.74) is 4.83. The molecule has 0 radical (unpaired) electrons. The van der Waals surface area contributed by atoms with Gasteiger partial charge < -0.3 is 14.8 Å². The van der Waals surface area contributed by atoms with Crippen molar-refractivity contribution in [2.24, 2.45) is 5.10 Å². The Morgan fingerprint density at radius 2 is 1.96 bits per heavy atom. The number of H-pyrrole nitrogens is 1. The Labute approximate surface area is 153 Å². The standard InChI is InChI=1S/C16H13N5O2S2/c22-13-4-2-1-3-11(13)9-17-20-15(24)18-12-7-5-10(6-8-12)14-19-21-16(25)23-14/h1-9,22H,(H,21,25)(H2,18,20,24). The topological polar surface area (TPSA) is 98.5 Å². The first-order valence-corrected chi connectivity index (χ1v) is 7.97. The quantitative estimate of drug-likeness (QED) is 0.317. The molecule has 0 saturated heterocycles. The highest BCUT2D eigenvalue weighted by Crippen LogP contribution is 2.19. The van der Waals surface area contributed by atoms with Crippen molar-refractivity contribution in [2.75, 3.05) is 5.32 Å². The molecule has 126 valence electrons. The molecular formula is C16H13N5O2S2. The van der Waals surface area contributed by atoms with Gasteiger partial charge in [0.25, 0.3) is 4.84 Å². The van der Waals surface area contributed by atoms with Gasteiger partial charge >= 0.3 is 0 Å². The van der Waals surface area contributed by atoms with Gasteiger partial charge in [0.05, 0.1) is 6.21 Å². The van der Waals surface area contributed by atoms with E-state index in [9.17, 15) is 5.11 Å². The molecule has 0 atom stereocenters. The minimum atomic E-state index is 0.147. The first-order chi connectivity index (χ1) is 12.1. The smallest absolute Gasteiger partial charge is 0.284 e. The third-order valence-corrected chi connectivity index (χ3v) is 3.50. The van der Waals surface area contributed by atoms with Gasteiger partial charge in [0.2, 0.25) is 5.89 Å². The van der Waals surface area contributed by atoms with E-state index in [4.69, 9.17) is 28.9 Å². The number of hydrogen-bond donors (Lipinski definition) is 4. The zero-order valence-corrected chi connectivity index (χ0v) is 14.4. The maximum atomic E-state index is 9.64. The maximum absolute atomic E-state index is 9.64. The lowest BCUT2D eigenvalue weighted by Crippen LogP contribution is -2.23. The van der Waals surface area contributed by atoms with Crippen LogP contribution >= 0.6 is 24.4 Å². The average molecular weight is 371 g/mol. The fraction of sp³-hybridized carbons (Fsp3) is 0. The van der Waals surface area contributed by atoms with Crippen LogP contribution in [0.1, 0.15) is 5.56 Å². The molecule has 1 heterocycles. The summed E-state index contributed by atoms with van der Waals surface area (Å²) in [6.07, 6.45) is 1.48. The highest BCUT2D eigenvalue weighted by molar-refractivity contribution is 7.80. The first kappa shape index (κ1) is 16.8. The normalized spacial score (nSPS) is 10.7. The number of thiocarbonyl (C=S) groups is 1. The number of phenolic OH excluding ortho intramolecular Hbond substituents is 1. The lowest BCUT2D eigenvalue weighted by molar-refractivity contribution is 0.474. The van der Waals surface area contributed by atoms with Crippen LogP contribution in [-0.2, 0) is 0 Å². The van der Waals surface area contributed by atoms with Crippen LogP contribution in [0.25, 0.3) is 11.5 Å². The van der Waals surface area contributed by atoms with Crippen LogP contribution in [0.3, 0.4) is 0 Å². The van der Waals surface area contributed by atoms with E-state index in [0.717, 1.165) is 11.3 Å². The zero-order valence-electron chi connectivity index (χ0n) is 12.8. The van der Waals surface area contributed by atoms with Crippen LogP contribution in [-0.4, -0.2) is 26.6 Å². The molecule has 0 saturated carbocycles. The van der Waals surface area contributed by atoms with Crippen LogP contribution in [0.2, 0.25) is 0 Å². The fourth-order valence-corrected chi connectivity index (χ4v) is 2.26. The molecular weight excluding hydrogens is 358 g/mol. The number of rotatable bonds is 4. The van der Waals surface area contributed by atoms with E-state index in [1.165, 1.54) is 6.21 Å². The van der Waals surface area contributed by atoms with E-state index in [1.54, 1.807) is 24.3 Å². The second-order valence-electron chi connectivity index (χ2n) is 4.88. The molecule has 25 heavy (non-hydrogen) atoms. The predicted molar refractivity (Wildman–Crippen MR) is 102 cm³/mol. The van der Waals surface area contributed by atoms with E-state index in [0.29, 0.717) is 16.6 Å². The summed E-state index contributed by atoms with van der Waals surface area (Å²) in [5, 5.41) is 23.5. The van der Waals surface area contributed by atoms with Crippen LogP contribution in [0.15, 0.2) is 58.0 Å². The van der Waals surface area contributed by atoms with Crippen molar-refractivity contribution in [3.8, 4) is 17.2 Å². The SMILES string of the molecule is Oc1ccccc1C=NNC(=S)Nc1ccc(-c2n[nH]c(=S)o2)cc1. The second kappa shape index (κ2) is 7.69. The molecule has 3 aromatic rings. The van der Waals surface area contributed by atoms with Gasteiger partial charge in [-0.15, -0.1) is 5.10 Å². The molecule has 0 aliphatic heterocycles. The molecule has 9 heteroatoms. The van der Waals surface area contributed by atoms with Crippen molar-refractivity contribution in [1.29, 1.82) is 0 Å². The maximum Gasteiger partial charge on any atom is 0.284 e. The minimum Gasteiger partial charge on any atom is -0.507 e. The molecule has 4 N–H and O–H groups in total. The summed E-state index contributed by atoms with van der Waals surface area (Å²) in [5.74, 6) is 0.568. The minimum absolute atomic E-state index is 0.147. The summed E-state index contributed by atoms with van der Waals surface area (Å²) in [4.78, 5) is 0.227. The van der Waals surface area contributed by atoms with E-state index in [-0.39, 0.29) is 10.6 Å². The number of anilines is 1. The van der Waals surface area contributed by atoms with Crippen molar-refractivity contribution in [3.05, 3.63) is 58.9 Å². The van der Waals surface area contributed by atoms with Gasteiger partial charge in [0.15, 0.2) is 5.11 Å². The summed E-state index contributed by atoms with van der Waals surface area (Å²) in [6.45, 7) is 0. The summed E-state index contributed by atoms with van der Waals surface area (Å²) >= 11 is 10.0. The molecule has 0 aliphatic rings. The largest absolute Gasteiger partial charge is 0.507 e. The highest BCUT2D eigenvalue weighted by Gasteiger charge is 2.04. The number of nitrogens with one attached hydrogen (secondary N) is 3. The number of phenols is 1.